The number of alkyl halides is 3. The SMILES string of the molecule is CCCC(=O)NCc1ccc(-c2noc(C(F)(F)F)n2)c(F)c1. The molecule has 0 fully saturated rings. The van der Waals surface area contributed by atoms with Gasteiger partial charge in [-0.3, -0.25) is 4.79 Å². The molecule has 0 aliphatic rings. The predicted octanol–water partition coefficient (Wildman–Crippen LogP) is 3.31. The highest BCUT2D eigenvalue weighted by Gasteiger charge is 2.38. The van der Waals surface area contributed by atoms with E-state index in [1.807, 2.05) is 6.92 Å². The molecule has 0 unspecified atom stereocenters. The lowest BCUT2D eigenvalue weighted by molar-refractivity contribution is -0.159. The number of carbonyl (C=O) groups is 1. The zero-order chi connectivity index (χ0) is 17.0. The first-order valence-corrected chi connectivity index (χ1v) is 6.77. The van der Waals surface area contributed by atoms with Gasteiger partial charge in [0.15, 0.2) is 0 Å². The Bertz CT molecular complexity index is 698. The minimum Gasteiger partial charge on any atom is -0.352 e. The van der Waals surface area contributed by atoms with Gasteiger partial charge in [0, 0.05) is 13.0 Å². The molecule has 1 heterocycles. The fourth-order valence-electron chi connectivity index (χ4n) is 1.81. The Morgan fingerprint density at radius 2 is 2.09 bits per heavy atom. The van der Waals surface area contributed by atoms with E-state index in [-0.39, 0.29) is 18.0 Å². The number of hydrogen-bond donors (Lipinski definition) is 1. The zero-order valence-corrected chi connectivity index (χ0v) is 12.1. The van der Waals surface area contributed by atoms with E-state index in [0.29, 0.717) is 18.4 Å². The van der Waals surface area contributed by atoms with Gasteiger partial charge in [0.1, 0.15) is 5.82 Å². The molecule has 23 heavy (non-hydrogen) atoms. The van der Waals surface area contributed by atoms with Crippen molar-refractivity contribution in [1.29, 1.82) is 0 Å². The molecule has 1 N–H and O–H groups in total. The number of nitrogens with zero attached hydrogens (tertiary/aromatic N) is 2. The second kappa shape index (κ2) is 6.76. The Morgan fingerprint density at radius 3 is 2.65 bits per heavy atom. The van der Waals surface area contributed by atoms with Crippen molar-refractivity contribution in [1.82, 2.24) is 15.5 Å². The van der Waals surface area contributed by atoms with Gasteiger partial charge < -0.3 is 9.84 Å². The highest BCUT2D eigenvalue weighted by molar-refractivity contribution is 5.75. The summed E-state index contributed by atoms with van der Waals surface area (Å²) in [5, 5.41) is 5.73. The molecule has 0 atom stereocenters. The Labute approximate surface area is 128 Å². The zero-order valence-electron chi connectivity index (χ0n) is 12.1. The van der Waals surface area contributed by atoms with Gasteiger partial charge in [0.05, 0.1) is 5.56 Å². The molecule has 0 radical (unpaired) electrons. The molecule has 1 aromatic carbocycles. The highest BCUT2D eigenvalue weighted by Crippen LogP contribution is 2.30. The molecule has 1 amide bonds. The molecule has 0 saturated carbocycles. The number of hydrogen-bond acceptors (Lipinski definition) is 4. The van der Waals surface area contributed by atoms with Crippen LogP contribution >= 0.6 is 0 Å². The first-order valence-electron chi connectivity index (χ1n) is 6.77. The largest absolute Gasteiger partial charge is 0.471 e. The van der Waals surface area contributed by atoms with E-state index in [1.54, 1.807) is 0 Å². The first-order chi connectivity index (χ1) is 10.8. The molecule has 124 valence electrons. The lowest BCUT2D eigenvalue weighted by Gasteiger charge is -2.06. The van der Waals surface area contributed by atoms with E-state index in [1.165, 1.54) is 12.1 Å². The molecule has 0 aliphatic heterocycles. The molecule has 2 aromatic rings. The smallest absolute Gasteiger partial charge is 0.352 e. The van der Waals surface area contributed by atoms with Crippen LogP contribution in [0.15, 0.2) is 22.7 Å². The Balaban J connectivity index is 2.13. The molecule has 0 aliphatic carbocycles. The van der Waals surface area contributed by atoms with Crippen LogP contribution in [0, 0.1) is 5.82 Å². The second-order valence-electron chi connectivity index (χ2n) is 4.76. The van der Waals surface area contributed by atoms with Crippen molar-refractivity contribution in [2.45, 2.75) is 32.5 Å². The lowest BCUT2D eigenvalue weighted by atomic mass is 10.1. The van der Waals surface area contributed by atoms with Gasteiger partial charge in [0.25, 0.3) is 0 Å². The van der Waals surface area contributed by atoms with Gasteiger partial charge in [-0.05, 0) is 24.1 Å². The molecule has 0 bridgehead atoms. The van der Waals surface area contributed by atoms with Crippen molar-refractivity contribution in [3.8, 4) is 11.4 Å². The van der Waals surface area contributed by atoms with Crippen LogP contribution in [0.25, 0.3) is 11.4 Å². The molecule has 0 spiro atoms. The number of rotatable bonds is 5. The number of amides is 1. The van der Waals surface area contributed by atoms with Gasteiger partial charge in [-0.25, -0.2) is 4.39 Å². The van der Waals surface area contributed by atoms with Crippen molar-refractivity contribution in [2.24, 2.45) is 0 Å². The van der Waals surface area contributed by atoms with E-state index in [2.05, 4.69) is 20.0 Å². The highest BCUT2D eigenvalue weighted by atomic mass is 19.4. The minimum absolute atomic E-state index is 0.121. The predicted molar refractivity (Wildman–Crippen MR) is 71.4 cm³/mol. The van der Waals surface area contributed by atoms with E-state index in [4.69, 9.17) is 0 Å². The van der Waals surface area contributed by atoms with Crippen LogP contribution in [0.3, 0.4) is 0 Å². The van der Waals surface area contributed by atoms with Crippen molar-refractivity contribution in [2.75, 3.05) is 0 Å². The summed E-state index contributed by atoms with van der Waals surface area (Å²) in [5.41, 5.74) is 0.253. The summed E-state index contributed by atoms with van der Waals surface area (Å²) in [6, 6.07) is 3.81. The van der Waals surface area contributed by atoms with Crippen molar-refractivity contribution < 1.29 is 26.9 Å². The van der Waals surface area contributed by atoms with Gasteiger partial charge in [-0.15, -0.1) is 0 Å². The van der Waals surface area contributed by atoms with Gasteiger partial charge >= 0.3 is 12.1 Å². The van der Waals surface area contributed by atoms with E-state index in [9.17, 15) is 22.4 Å². The van der Waals surface area contributed by atoms with Crippen molar-refractivity contribution in [3.05, 3.63) is 35.5 Å². The fourth-order valence-corrected chi connectivity index (χ4v) is 1.81. The summed E-state index contributed by atoms with van der Waals surface area (Å²) in [4.78, 5) is 14.5. The second-order valence-corrected chi connectivity index (χ2v) is 4.76. The third-order valence-electron chi connectivity index (χ3n) is 2.91. The normalized spacial score (nSPS) is 11.5. The van der Waals surface area contributed by atoms with Crippen LogP contribution < -0.4 is 5.32 Å². The molecule has 2 rings (SSSR count). The minimum atomic E-state index is -4.79. The maximum Gasteiger partial charge on any atom is 0.471 e. The third-order valence-corrected chi connectivity index (χ3v) is 2.91. The molecular weight excluding hydrogens is 318 g/mol. The summed E-state index contributed by atoms with van der Waals surface area (Å²) >= 11 is 0. The van der Waals surface area contributed by atoms with E-state index >= 15 is 0 Å². The summed E-state index contributed by atoms with van der Waals surface area (Å²) in [5.74, 6) is -2.99. The lowest BCUT2D eigenvalue weighted by Crippen LogP contribution is -2.22. The van der Waals surface area contributed by atoms with Crippen molar-refractivity contribution in [3.63, 3.8) is 0 Å². The number of nitrogens with one attached hydrogen (secondary N) is 1. The summed E-state index contributed by atoms with van der Waals surface area (Å²) in [6.07, 6.45) is -3.73. The van der Waals surface area contributed by atoms with Crippen LogP contribution in [-0.2, 0) is 17.5 Å². The van der Waals surface area contributed by atoms with Crippen LogP contribution in [-0.4, -0.2) is 16.0 Å². The average Bonchev–Trinajstić information content (AvgIpc) is 2.95. The number of halogens is 4. The number of carbonyl (C=O) groups excluding carboxylic acids is 1. The molecular formula is C14H13F4N3O2. The number of benzene rings is 1. The first kappa shape index (κ1) is 16.9. The molecule has 1 aromatic heterocycles. The fraction of sp³-hybridized carbons (Fsp3) is 0.357. The quantitative estimate of drug-likeness (QED) is 0.854. The monoisotopic (exact) mass is 331 g/mol. The summed E-state index contributed by atoms with van der Waals surface area (Å²) in [7, 11) is 0. The average molecular weight is 331 g/mol. The Hall–Kier alpha value is -2.45. The standard InChI is InChI=1S/C14H13F4N3O2/c1-2-3-11(22)19-7-8-4-5-9(10(15)6-8)12-20-13(23-21-12)14(16,17)18/h4-6H,2-3,7H2,1H3,(H,19,22). The summed E-state index contributed by atoms with van der Waals surface area (Å²) < 4.78 is 55.2. The molecule has 9 heteroatoms. The summed E-state index contributed by atoms with van der Waals surface area (Å²) in [6.45, 7) is 1.98. The van der Waals surface area contributed by atoms with Crippen molar-refractivity contribution >= 4 is 5.91 Å². The van der Waals surface area contributed by atoms with E-state index in [0.717, 1.165) is 6.07 Å². The van der Waals surface area contributed by atoms with Gasteiger partial charge in [0.2, 0.25) is 11.7 Å². The Morgan fingerprint density at radius 1 is 1.35 bits per heavy atom. The van der Waals surface area contributed by atoms with E-state index < -0.39 is 23.7 Å². The third kappa shape index (κ3) is 4.27. The van der Waals surface area contributed by atoms with Gasteiger partial charge in [-0.1, -0.05) is 18.1 Å². The number of aromatic nitrogens is 2. The molecule has 0 saturated heterocycles. The van der Waals surface area contributed by atoms with Crippen LogP contribution in [0.1, 0.15) is 31.2 Å². The Kier molecular flexibility index (Phi) is 4.97. The van der Waals surface area contributed by atoms with Gasteiger partial charge in [-0.2, -0.15) is 18.2 Å². The maximum atomic E-state index is 14.0. The van der Waals surface area contributed by atoms with Crippen LogP contribution in [0.2, 0.25) is 0 Å². The maximum absolute atomic E-state index is 14.0. The topological polar surface area (TPSA) is 68.0 Å². The van der Waals surface area contributed by atoms with Crippen LogP contribution in [0.5, 0.6) is 0 Å². The molecule has 5 nitrogen and oxygen atoms in total. The van der Waals surface area contributed by atoms with Crippen LogP contribution in [0.4, 0.5) is 17.6 Å².